The second-order valence-corrected chi connectivity index (χ2v) is 5.04. The van der Waals surface area contributed by atoms with Crippen LogP contribution in [-0.4, -0.2) is 24.6 Å². The molecule has 0 heterocycles. The molecule has 2 heteroatoms. The lowest BCUT2D eigenvalue weighted by Crippen LogP contribution is -2.20. The summed E-state index contributed by atoms with van der Waals surface area (Å²) < 4.78 is 0. The highest BCUT2D eigenvalue weighted by Crippen LogP contribution is 2.07. The second-order valence-electron chi connectivity index (χ2n) is 3.77. The van der Waals surface area contributed by atoms with Crippen molar-refractivity contribution in [1.82, 2.24) is 5.32 Å². The first kappa shape index (κ1) is 12.3. The quantitative estimate of drug-likeness (QED) is 0.618. The molecule has 0 saturated carbocycles. The Morgan fingerprint density at radius 2 is 1.67 bits per heavy atom. The van der Waals surface area contributed by atoms with Gasteiger partial charge in [-0.05, 0) is 38.1 Å². The van der Waals surface area contributed by atoms with Gasteiger partial charge in [0, 0.05) is 5.25 Å². The molecular formula is C10H23NS. The molecule has 0 aliphatic carbocycles. The second kappa shape index (κ2) is 7.93. The molecule has 1 nitrogen and oxygen atoms in total. The first-order chi connectivity index (χ1) is 5.66. The van der Waals surface area contributed by atoms with E-state index in [-0.39, 0.29) is 0 Å². The van der Waals surface area contributed by atoms with Gasteiger partial charge in [0.15, 0.2) is 0 Å². The maximum absolute atomic E-state index is 3.47. The average molecular weight is 189 g/mol. The van der Waals surface area contributed by atoms with Gasteiger partial charge in [-0.1, -0.05) is 20.8 Å². The van der Waals surface area contributed by atoms with Crippen molar-refractivity contribution < 1.29 is 0 Å². The summed E-state index contributed by atoms with van der Waals surface area (Å²) in [5, 5.41) is 4.27. The van der Waals surface area contributed by atoms with Gasteiger partial charge in [0.25, 0.3) is 0 Å². The minimum absolute atomic E-state index is 0.802. The molecule has 0 aromatic heterocycles. The Morgan fingerprint density at radius 3 is 2.17 bits per heavy atom. The maximum atomic E-state index is 3.47. The summed E-state index contributed by atoms with van der Waals surface area (Å²) >= 11 is 1.95. The van der Waals surface area contributed by atoms with Gasteiger partial charge in [-0.25, -0.2) is 0 Å². The lowest BCUT2D eigenvalue weighted by atomic mass is 10.1. The number of rotatable bonds is 7. The van der Waals surface area contributed by atoms with Crippen molar-refractivity contribution in [3.8, 4) is 0 Å². The summed E-state index contributed by atoms with van der Waals surface area (Å²) in [5.74, 6) is 0.829. The monoisotopic (exact) mass is 189 g/mol. The Balaban J connectivity index is 3.00. The predicted octanol–water partition coefficient (Wildman–Crippen LogP) is 2.76. The standard InChI is InChI=1S/C10H23NS/c1-9(2)5-7-11-8-6-10(3)12-4/h9-11H,5-8H2,1-4H3. The summed E-state index contributed by atoms with van der Waals surface area (Å²) in [6.45, 7) is 9.18. The maximum Gasteiger partial charge on any atom is 0.00280 e. The molecule has 0 aromatic rings. The molecule has 74 valence electrons. The van der Waals surface area contributed by atoms with E-state index in [1.165, 1.54) is 25.9 Å². The molecule has 0 rings (SSSR count). The highest BCUT2D eigenvalue weighted by Gasteiger charge is 1.98. The Labute approximate surface area is 81.7 Å². The van der Waals surface area contributed by atoms with Crippen LogP contribution in [0.1, 0.15) is 33.6 Å². The van der Waals surface area contributed by atoms with Gasteiger partial charge in [-0.15, -0.1) is 0 Å². The Morgan fingerprint density at radius 1 is 1.08 bits per heavy atom. The number of hydrogen-bond donors (Lipinski definition) is 1. The van der Waals surface area contributed by atoms with Crippen LogP contribution in [0.4, 0.5) is 0 Å². The molecule has 0 bridgehead atoms. The van der Waals surface area contributed by atoms with Crippen LogP contribution in [0.3, 0.4) is 0 Å². The minimum atomic E-state index is 0.802. The smallest absolute Gasteiger partial charge is 0.00280 e. The Hall–Kier alpha value is 0.310. The van der Waals surface area contributed by atoms with E-state index >= 15 is 0 Å². The van der Waals surface area contributed by atoms with Gasteiger partial charge in [0.2, 0.25) is 0 Å². The SMILES string of the molecule is CSC(C)CCNCCC(C)C. The summed E-state index contributed by atoms with van der Waals surface area (Å²) in [4.78, 5) is 0. The fraction of sp³-hybridized carbons (Fsp3) is 1.00. The lowest BCUT2D eigenvalue weighted by molar-refractivity contribution is 0.532. The Bertz CT molecular complexity index is 93.8. The van der Waals surface area contributed by atoms with E-state index in [9.17, 15) is 0 Å². The van der Waals surface area contributed by atoms with Crippen LogP contribution in [0.25, 0.3) is 0 Å². The third-order valence-electron chi connectivity index (χ3n) is 2.03. The van der Waals surface area contributed by atoms with Crippen LogP contribution in [-0.2, 0) is 0 Å². The van der Waals surface area contributed by atoms with Crippen molar-refractivity contribution >= 4 is 11.8 Å². The number of nitrogens with one attached hydrogen (secondary N) is 1. The number of hydrogen-bond acceptors (Lipinski definition) is 2. The van der Waals surface area contributed by atoms with Gasteiger partial charge >= 0.3 is 0 Å². The zero-order valence-electron chi connectivity index (χ0n) is 8.89. The molecule has 0 saturated heterocycles. The van der Waals surface area contributed by atoms with Crippen molar-refractivity contribution in [3.05, 3.63) is 0 Å². The van der Waals surface area contributed by atoms with Gasteiger partial charge < -0.3 is 5.32 Å². The fourth-order valence-corrected chi connectivity index (χ4v) is 1.29. The summed E-state index contributed by atoms with van der Waals surface area (Å²) in [6.07, 6.45) is 4.77. The minimum Gasteiger partial charge on any atom is -0.317 e. The molecule has 0 radical (unpaired) electrons. The van der Waals surface area contributed by atoms with Crippen LogP contribution in [0, 0.1) is 5.92 Å². The van der Waals surface area contributed by atoms with E-state index in [1.807, 2.05) is 11.8 Å². The fourth-order valence-electron chi connectivity index (χ4n) is 0.939. The van der Waals surface area contributed by atoms with Crippen LogP contribution in [0.15, 0.2) is 0 Å². The van der Waals surface area contributed by atoms with Crippen molar-refractivity contribution in [2.45, 2.75) is 38.9 Å². The van der Waals surface area contributed by atoms with Gasteiger partial charge in [0.05, 0.1) is 0 Å². The summed E-state index contributed by atoms with van der Waals surface area (Å²) in [6, 6.07) is 0. The largest absolute Gasteiger partial charge is 0.317 e. The summed E-state index contributed by atoms with van der Waals surface area (Å²) in [5.41, 5.74) is 0. The van der Waals surface area contributed by atoms with Crippen LogP contribution >= 0.6 is 11.8 Å². The highest BCUT2D eigenvalue weighted by atomic mass is 32.2. The lowest BCUT2D eigenvalue weighted by Gasteiger charge is -2.09. The van der Waals surface area contributed by atoms with Crippen LogP contribution in [0.5, 0.6) is 0 Å². The normalized spacial score (nSPS) is 13.8. The van der Waals surface area contributed by atoms with Crippen molar-refractivity contribution in [1.29, 1.82) is 0 Å². The van der Waals surface area contributed by atoms with Crippen LogP contribution < -0.4 is 5.32 Å². The third-order valence-corrected chi connectivity index (χ3v) is 3.07. The van der Waals surface area contributed by atoms with Gasteiger partial charge in [-0.3, -0.25) is 0 Å². The van der Waals surface area contributed by atoms with E-state index in [1.54, 1.807) is 0 Å². The van der Waals surface area contributed by atoms with E-state index < -0.39 is 0 Å². The molecule has 12 heavy (non-hydrogen) atoms. The van der Waals surface area contributed by atoms with E-state index in [4.69, 9.17) is 0 Å². The molecule has 0 fully saturated rings. The molecule has 1 atom stereocenters. The van der Waals surface area contributed by atoms with Gasteiger partial charge in [0.1, 0.15) is 0 Å². The van der Waals surface area contributed by atoms with Crippen molar-refractivity contribution in [2.75, 3.05) is 19.3 Å². The zero-order chi connectivity index (χ0) is 9.40. The molecule has 0 aliphatic rings. The van der Waals surface area contributed by atoms with Crippen molar-refractivity contribution in [2.24, 2.45) is 5.92 Å². The first-order valence-corrected chi connectivity index (χ1v) is 6.19. The third kappa shape index (κ3) is 8.41. The molecule has 1 unspecified atom stereocenters. The molecule has 1 N–H and O–H groups in total. The first-order valence-electron chi connectivity index (χ1n) is 4.90. The molecule has 0 amide bonds. The topological polar surface area (TPSA) is 12.0 Å². The Kier molecular flexibility index (Phi) is 8.14. The molecule has 0 aliphatic heterocycles. The van der Waals surface area contributed by atoms with E-state index in [2.05, 4.69) is 32.3 Å². The van der Waals surface area contributed by atoms with Crippen LogP contribution in [0.2, 0.25) is 0 Å². The molecule has 0 aromatic carbocycles. The molecule has 0 spiro atoms. The van der Waals surface area contributed by atoms with E-state index in [0.717, 1.165) is 11.2 Å². The van der Waals surface area contributed by atoms with Crippen molar-refractivity contribution in [3.63, 3.8) is 0 Å². The zero-order valence-corrected chi connectivity index (χ0v) is 9.71. The summed E-state index contributed by atoms with van der Waals surface area (Å²) in [7, 11) is 0. The molecular weight excluding hydrogens is 166 g/mol. The van der Waals surface area contributed by atoms with Gasteiger partial charge in [-0.2, -0.15) is 11.8 Å². The number of thioether (sulfide) groups is 1. The predicted molar refractivity (Wildman–Crippen MR) is 59.9 cm³/mol. The highest BCUT2D eigenvalue weighted by molar-refractivity contribution is 7.99. The average Bonchev–Trinajstić information content (AvgIpc) is 2.03. The van der Waals surface area contributed by atoms with E-state index in [0.29, 0.717) is 0 Å².